The highest BCUT2D eigenvalue weighted by molar-refractivity contribution is 6.23. The average molecular weight is 778 g/mol. The third-order valence-corrected chi connectivity index (χ3v) is 13.9. The smallest absolute Gasteiger partial charge is 0.262 e. The summed E-state index contributed by atoms with van der Waals surface area (Å²) in [5.74, 6) is -0.986. The van der Waals surface area contributed by atoms with Crippen LogP contribution in [0, 0.1) is 5.41 Å². The van der Waals surface area contributed by atoms with Gasteiger partial charge in [-0.1, -0.05) is 48.5 Å². The van der Waals surface area contributed by atoms with Gasteiger partial charge in [0.2, 0.25) is 17.7 Å². The highest BCUT2D eigenvalue weighted by atomic mass is 16.3. The van der Waals surface area contributed by atoms with Crippen molar-refractivity contribution in [1.82, 2.24) is 20.0 Å². The predicted molar refractivity (Wildman–Crippen MR) is 216 cm³/mol. The van der Waals surface area contributed by atoms with E-state index in [-0.39, 0.29) is 35.6 Å². The van der Waals surface area contributed by atoms with Crippen LogP contribution >= 0.6 is 0 Å². The van der Waals surface area contributed by atoms with Gasteiger partial charge in [0, 0.05) is 62.7 Å². The molecule has 5 amide bonds. The Labute approximate surface area is 337 Å². The maximum atomic E-state index is 13.5. The summed E-state index contributed by atoms with van der Waals surface area (Å²) in [5, 5.41) is 12.5. The van der Waals surface area contributed by atoms with Crippen molar-refractivity contribution in [2.75, 3.05) is 44.2 Å². The largest absolute Gasteiger partial charge is 0.508 e. The van der Waals surface area contributed by atoms with Gasteiger partial charge >= 0.3 is 0 Å². The molecule has 58 heavy (non-hydrogen) atoms. The monoisotopic (exact) mass is 777 g/mol. The molecule has 1 spiro atoms. The summed E-state index contributed by atoms with van der Waals surface area (Å²) >= 11 is 0. The van der Waals surface area contributed by atoms with E-state index in [4.69, 9.17) is 0 Å². The molecule has 11 heteroatoms. The number of carbonyl (C=O) groups excluding carboxylic acids is 5. The van der Waals surface area contributed by atoms with Gasteiger partial charge in [0.25, 0.3) is 11.8 Å². The van der Waals surface area contributed by atoms with Crippen molar-refractivity contribution in [3.05, 3.63) is 129 Å². The van der Waals surface area contributed by atoms with Crippen LogP contribution in [0.4, 0.5) is 5.69 Å². The van der Waals surface area contributed by atoms with E-state index in [0.29, 0.717) is 43.3 Å². The van der Waals surface area contributed by atoms with E-state index in [1.54, 1.807) is 12.1 Å². The highest BCUT2D eigenvalue weighted by Gasteiger charge is 2.48. The van der Waals surface area contributed by atoms with Crippen molar-refractivity contribution in [3.8, 4) is 5.75 Å². The lowest BCUT2D eigenvalue weighted by Gasteiger charge is -2.54. The zero-order valence-corrected chi connectivity index (χ0v) is 32.5. The standard InChI is InChI=1S/C47H47N5O6/c53-35-11-13-37-32(22-35)8-12-36(29-4-2-1-3-5-29)43(37)30-6-9-34(10-7-30)50-20-17-47(18-21-50)27-51(28-47)42(55)26-49-19-16-31-23-38-39(24-33(31)25-49)46(58)52(45(38)57)40-14-15-41(54)48-44(40)56/h1-7,9-11,13,22-24,36,40,43,53H,8,12,14-21,25-28H2,(H,48,54,56)/t36-,40?,43+/m1/s1. The van der Waals surface area contributed by atoms with E-state index >= 15 is 0 Å². The van der Waals surface area contributed by atoms with Gasteiger partial charge in [0.1, 0.15) is 11.8 Å². The Balaban J connectivity index is 0.743. The minimum atomic E-state index is -0.993. The second kappa shape index (κ2) is 14.2. The number of hydrogen-bond donors (Lipinski definition) is 2. The lowest BCUT2D eigenvalue weighted by molar-refractivity contribution is -0.146. The number of piperidine rings is 2. The number of carbonyl (C=O) groups is 5. The maximum Gasteiger partial charge on any atom is 0.262 e. The summed E-state index contributed by atoms with van der Waals surface area (Å²) < 4.78 is 0. The molecule has 11 nitrogen and oxygen atoms in total. The lowest BCUT2D eigenvalue weighted by Crippen LogP contribution is -2.63. The molecule has 296 valence electrons. The third kappa shape index (κ3) is 6.36. The number of anilines is 1. The molecule has 4 aromatic rings. The van der Waals surface area contributed by atoms with Crippen molar-refractivity contribution in [1.29, 1.82) is 0 Å². The van der Waals surface area contributed by atoms with Crippen molar-refractivity contribution < 1.29 is 29.1 Å². The molecular weight excluding hydrogens is 731 g/mol. The Kier molecular flexibility index (Phi) is 8.96. The van der Waals surface area contributed by atoms with E-state index in [1.165, 1.54) is 27.9 Å². The topological polar surface area (TPSA) is 131 Å². The fourth-order valence-corrected chi connectivity index (χ4v) is 10.7. The molecule has 1 aliphatic carbocycles. The molecule has 3 saturated heterocycles. The normalized spacial score (nSPS) is 23.9. The van der Waals surface area contributed by atoms with Crippen LogP contribution in [0.25, 0.3) is 0 Å². The van der Waals surface area contributed by atoms with E-state index in [9.17, 15) is 29.1 Å². The molecule has 1 unspecified atom stereocenters. The van der Waals surface area contributed by atoms with Gasteiger partial charge in [0.05, 0.1) is 17.7 Å². The molecule has 3 atom stereocenters. The maximum absolute atomic E-state index is 13.5. The molecular formula is C47H47N5O6. The molecule has 0 saturated carbocycles. The van der Waals surface area contributed by atoms with Gasteiger partial charge in [0.15, 0.2) is 0 Å². The Hall–Kier alpha value is -5.81. The molecule has 0 aromatic heterocycles. The molecule has 6 aliphatic rings. The number of amides is 5. The minimum absolute atomic E-state index is 0.0796. The van der Waals surface area contributed by atoms with Gasteiger partial charge in [-0.3, -0.25) is 39.1 Å². The van der Waals surface area contributed by atoms with Crippen LogP contribution in [-0.2, 0) is 33.8 Å². The SMILES string of the molecule is O=C1CCC(N2C(=O)c3cc4c(cc3C2=O)CN(CC(=O)N2CC3(CCN(c5ccc([C@@H]6c7ccc(O)cc7CC[C@@H]6c6ccccc6)cc5)CC3)C2)CC4)C(=O)N1. The first-order valence-electron chi connectivity index (χ1n) is 20.7. The van der Waals surface area contributed by atoms with Crippen LogP contribution in [0.2, 0.25) is 0 Å². The Morgan fingerprint density at radius 3 is 2.19 bits per heavy atom. The van der Waals surface area contributed by atoms with E-state index in [0.717, 1.165) is 67.9 Å². The van der Waals surface area contributed by atoms with Gasteiger partial charge < -0.3 is 14.9 Å². The zero-order chi connectivity index (χ0) is 39.7. The fraction of sp³-hybridized carbons (Fsp3) is 0.383. The van der Waals surface area contributed by atoms with Gasteiger partial charge in [-0.2, -0.15) is 0 Å². The number of likely N-dealkylation sites (tertiary alicyclic amines) is 1. The first kappa shape index (κ1) is 36.5. The number of phenols is 1. The van der Waals surface area contributed by atoms with E-state index in [1.807, 2.05) is 17.0 Å². The summed E-state index contributed by atoms with van der Waals surface area (Å²) in [6.07, 6.45) is 4.93. The molecule has 5 heterocycles. The van der Waals surface area contributed by atoms with Crippen molar-refractivity contribution >= 4 is 35.2 Å². The Morgan fingerprint density at radius 1 is 0.741 bits per heavy atom. The number of nitrogens with zero attached hydrogens (tertiary/aromatic N) is 4. The number of imide groups is 2. The van der Waals surface area contributed by atoms with Crippen molar-refractivity contribution in [3.63, 3.8) is 0 Å². The summed E-state index contributed by atoms with van der Waals surface area (Å²) in [4.78, 5) is 72.0. The first-order chi connectivity index (χ1) is 28.1. The van der Waals surface area contributed by atoms with Crippen LogP contribution in [0.1, 0.15) is 98.0 Å². The number of hydrogen-bond acceptors (Lipinski definition) is 8. The molecule has 3 fully saturated rings. The predicted octanol–water partition coefficient (Wildman–Crippen LogP) is 5.14. The molecule has 0 bridgehead atoms. The summed E-state index contributed by atoms with van der Waals surface area (Å²) in [5.41, 5.74) is 9.06. The number of nitrogens with one attached hydrogen (secondary N) is 1. The third-order valence-electron chi connectivity index (χ3n) is 13.9. The highest BCUT2D eigenvalue weighted by Crippen LogP contribution is 2.48. The molecule has 4 aromatic carbocycles. The minimum Gasteiger partial charge on any atom is -0.508 e. The molecule has 0 radical (unpaired) electrons. The Morgan fingerprint density at radius 2 is 1.47 bits per heavy atom. The van der Waals surface area contributed by atoms with E-state index < -0.39 is 29.7 Å². The lowest BCUT2D eigenvalue weighted by atomic mass is 9.69. The fourth-order valence-electron chi connectivity index (χ4n) is 10.7. The van der Waals surface area contributed by atoms with Crippen LogP contribution in [0.5, 0.6) is 5.75 Å². The van der Waals surface area contributed by atoms with Crippen LogP contribution in [0.15, 0.2) is 84.9 Å². The van der Waals surface area contributed by atoms with Crippen LogP contribution < -0.4 is 10.2 Å². The molecule has 5 aliphatic heterocycles. The number of aromatic hydroxyl groups is 1. The number of rotatable bonds is 6. The van der Waals surface area contributed by atoms with Crippen molar-refractivity contribution in [2.24, 2.45) is 5.41 Å². The van der Waals surface area contributed by atoms with Gasteiger partial charge in [-0.05, 0) is 114 Å². The van der Waals surface area contributed by atoms with Crippen LogP contribution in [0.3, 0.4) is 0 Å². The number of fused-ring (bicyclic) bond motifs is 3. The zero-order valence-electron chi connectivity index (χ0n) is 32.5. The quantitative estimate of drug-likeness (QED) is 0.258. The number of phenolic OH excluding ortho intramolecular Hbond substituents is 1. The second-order valence-corrected chi connectivity index (χ2v) is 17.3. The average Bonchev–Trinajstić information content (AvgIpc) is 3.46. The van der Waals surface area contributed by atoms with Crippen molar-refractivity contribution in [2.45, 2.75) is 69.4 Å². The van der Waals surface area contributed by atoms with E-state index in [2.05, 4.69) is 75.8 Å². The Bertz CT molecular complexity index is 2340. The number of benzene rings is 4. The second-order valence-electron chi connectivity index (χ2n) is 17.3. The summed E-state index contributed by atoms with van der Waals surface area (Å²) in [7, 11) is 0. The number of aryl methyl sites for hydroxylation is 1. The summed E-state index contributed by atoms with van der Waals surface area (Å²) in [6.45, 7) is 4.95. The summed E-state index contributed by atoms with van der Waals surface area (Å²) in [6, 6.07) is 28.4. The molecule has 10 rings (SSSR count). The van der Waals surface area contributed by atoms with Crippen LogP contribution in [-0.4, -0.2) is 94.7 Å². The first-order valence-corrected chi connectivity index (χ1v) is 20.7. The van der Waals surface area contributed by atoms with Gasteiger partial charge in [-0.25, -0.2) is 0 Å². The van der Waals surface area contributed by atoms with Gasteiger partial charge in [-0.15, -0.1) is 0 Å². The molecule has 2 N–H and O–H groups in total.